The Labute approximate surface area is 204 Å². The van der Waals surface area contributed by atoms with Crippen molar-refractivity contribution in [3.05, 3.63) is 71.2 Å². The fourth-order valence-electron chi connectivity index (χ4n) is 4.48. The number of halogens is 4. The maximum absolute atomic E-state index is 14.1. The van der Waals surface area contributed by atoms with E-state index in [0.29, 0.717) is 30.0 Å². The Morgan fingerprint density at radius 3 is 2.56 bits per heavy atom. The SMILES string of the molecule is CC(C)(C[C@@](O)(CNC(=O)c1cnn(-c2ccc(F)cc2)c1N)C(F)(F)F)c1cccc2c1OCC2. The van der Waals surface area contributed by atoms with Crippen LogP contribution in [0.4, 0.5) is 23.4 Å². The van der Waals surface area contributed by atoms with Crippen LogP contribution in [0.2, 0.25) is 0 Å². The maximum atomic E-state index is 14.1. The number of hydrogen-bond donors (Lipinski definition) is 3. The molecule has 0 fully saturated rings. The number of carbonyl (C=O) groups excluding carboxylic acids is 1. The van der Waals surface area contributed by atoms with Crippen LogP contribution < -0.4 is 15.8 Å². The van der Waals surface area contributed by atoms with Gasteiger partial charge in [-0.1, -0.05) is 32.0 Å². The molecule has 1 aliphatic heterocycles. The van der Waals surface area contributed by atoms with Crippen LogP contribution in [0.25, 0.3) is 5.69 Å². The normalized spacial score (nSPS) is 15.2. The summed E-state index contributed by atoms with van der Waals surface area (Å²) < 4.78 is 62.3. The summed E-state index contributed by atoms with van der Waals surface area (Å²) in [5.74, 6) is -1.03. The third-order valence-corrected chi connectivity index (χ3v) is 6.37. The van der Waals surface area contributed by atoms with Gasteiger partial charge in [-0.15, -0.1) is 0 Å². The van der Waals surface area contributed by atoms with Crippen LogP contribution in [0.3, 0.4) is 0 Å². The van der Waals surface area contributed by atoms with Crippen molar-refractivity contribution in [2.24, 2.45) is 0 Å². The van der Waals surface area contributed by atoms with Gasteiger partial charge in [0.25, 0.3) is 5.91 Å². The summed E-state index contributed by atoms with van der Waals surface area (Å²) in [7, 11) is 0. The number of nitrogens with two attached hydrogens (primary N) is 1. The van der Waals surface area contributed by atoms with E-state index >= 15 is 0 Å². The van der Waals surface area contributed by atoms with Crippen LogP contribution in [-0.2, 0) is 11.8 Å². The number of rotatable bonds is 7. The number of anilines is 1. The molecule has 4 N–H and O–H groups in total. The molecule has 0 unspecified atom stereocenters. The van der Waals surface area contributed by atoms with E-state index in [0.717, 1.165) is 16.4 Å². The summed E-state index contributed by atoms with van der Waals surface area (Å²) in [5.41, 5.74) is 3.22. The number of nitrogen functional groups attached to an aromatic ring is 1. The first-order valence-electron chi connectivity index (χ1n) is 11.2. The van der Waals surface area contributed by atoms with Gasteiger partial charge >= 0.3 is 6.18 Å². The van der Waals surface area contributed by atoms with E-state index in [1.54, 1.807) is 26.0 Å². The molecule has 0 radical (unpaired) electrons. The summed E-state index contributed by atoms with van der Waals surface area (Å²) in [6.45, 7) is 2.52. The predicted molar refractivity (Wildman–Crippen MR) is 125 cm³/mol. The Hall–Kier alpha value is -3.60. The molecule has 36 heavy (non-hydrogen) atoms. The third kappa shape index (κ3) is 4.75. The maximum Gasteiger partial charge on any atom is 0.418 e. The molecular weight excluding hydrogens is 480 g/mol. The van der Waals surface area contributed by atoms with Crippen molar-refractivity contribution in [3.8, 4) is 11.4 Å². The summed E-state index contributed by atoms with van der Waals surface area (Å²) in [4.78, 5) is 12.7. The van der Waals surface area contributed by atoms with Crippen LogP contribution >= 0.6 is 0 Å². The van der Waals surface area contributed by atoms with Gasteiger partial charge in [-0.3, -0.25) is 4.79 Å². The number of carbonyl (C=O) groups is 1. The highest BCUT2D eigenvalue weighted by Crippen LogP contribution is 2.45. The number of aliphatic hydroxyl groups is 1. The van der Waals surface area contributed by atoms with Crippen molar-refractivity contribution in [1.29, 1.82) is 0 Å². The van der Waals surface area contributed by atoms with E-state index in [-0.39, 0.29) is 11.4 Å². The Kier molecular flexibility index (Phi) is 6.46. The van der Waals surface area contributed by atoms with Crippen LogP contribution in [-0.4, -0.2) is 45.7 Å². The van der Waals surface area contributed by atoms with E-state index < -0.39 is 41.9 Å². The molecule has 2 aromatic carbocycles. The smallest absolute Gasteiger partial charge is 0.418 e. The van der Waals surface area contributed by atoms with Gasteiger partial charge in [0.05, 0.1) is 25.0 Å². The Morgan fingerprint density at radius 1 is 1.19 bits per heavy atom. The molecule has 1 aromatic heterocycles. The van der Waals surface area contributed by atoms with Gasteiger partial charge < -0.3 is 20.9 Å². The summed E-state index contributed by atoms with van der Waals surface area (Å²) in [5, 5.41) is 16.9. The minimum atomic E-state index is -5.04. The molecule has 7 nitrogen and oxygen atoms in total. The van der Waals surface area contributed by atoms with Crippen molar-refractivity contribution in [2.75, 3.05) is 18.9 Å². The number of hydrogen-bond acceptors (Lipinski definition) is 5. The lowest BCUT2D eigenvalue weighted by Gasteiger charge is -2.38. The highest BCUT2D eigenvalue weighted by Gasteiger charge is 2.56. The number of benzene rings is 2. The highest BCUT2D eigenvalue weighted by atomic mass is 19.4. The van der Waals surface area contributed by atoms with Crippen molar-refractivity contribution in [1.82, 2.24) is 15.1 Å². The molecule has 1 amide bonds. The number of amides is 1. The average Bonchev–Trinajstić information content (AvgIpc) is 3.43. The van der Waals surface area contributed by atoms with Crippen LogP contribution in [0, 0.1) is 5.82 Å². The molecular formula is C25H26F4N4O3. The molecule has 0 saturated heterocycles. The number of alkyl halides is 3. The summed E-state index contributed by atoms with van der Waals surface area (Å²) in [6.07, 6.45) is -4.02. The van der Waals surface area contributed by atoms with Crippen molar-refractivity contribution in [2.45, 2.75) is 43.9 Å². The lowest BCUT2D eigenvalue weighted by molar-refractivity contribution is -0.263. The highest BCUT2D eigenvalue weighted by molar-refractivity contribution is 5.98. The standard InChI is InChI=1S/C25H26F4N4O3/c1-23(2,19-5-3-4-15-10-11-36-20(15)19)13-24(35,25(27,28)29)14-31-22(34)18-12-32-33(21(18)30)17-8-6-16(26)7-9-17/h3-9,12,35H,10-11,13-14,30H2,1-2H3,(H,31,34)/t24-/m1/s1. The van der Waals surface area contributed by atoms with Gasteiger partial charge in [0.2, 0.25) is 0 Å². The second kappa shape index (κ2) is 9.12. The number of para-hydroxylation sites is 1. The Morgan fingerprint density at radius 2 is 1.89 bits per heavy atom. The average molecular weight is 507 g/mol. The first-order valence-corrected chi connectivity index (χ1v) is 11.2. The zero-order chi connectivity index (χ0) is 26.3. The number of nitrogens with one attached hydrogen (secondary N) is 1. The van der Waals surface area contributed by atoms with Gasteiger partial charge in [0.15, 0.2) is 5.60 Å². The van der Waals surface area contributed by atoms with E-state index in [2.05, 4.69) is 10.4 Å². The van der Waals surface area contributed by atoms with Gasteiger partial charge in [-0.05, 0) is 41.7 Å². The summed E-state index contributed by atoms with van der Waals surface area (Å²) in [6, 6.07) is 10.4. The molecule has 1 atom stereocenters. The first kappa shape index (κ1) is 25.5. The van der Waals surface area contributed by atoms with E-state index in [1.807, 2.05) is 6.07 Å². The Balaban J connectivity index is 1.54. The minimum absolute atomic E-state index is 0.146. The lowest BCUT2D eigenvalue weighted by Crippen LogP contribution is -2.56. The molecule has 2 heterocycles. The lowest BCUT2D eigenvalue weighted by atomic mass is 9.74. The molecule has 11 heteroatoms. The van der Waals surface area contributed by atoms with Gasteiger partial charge in [-0.2, -0.15) is 18.3 Å². The quantitative estimate of drug-likeness (QED) is 0.422. The Bertz CT molecular complexity index is 1270. The molecule has 0 saturated carbocycles. The fourth-order valence-corrected chi connectivity index (χ4v) is 4.48. The molecule has 1 aliphatic rings. The second-order valence-electron chi connectivity index (χ2n) is 9.50. The monoisotopic (exact) mass is 506 g/mol. The first-order chi connectivity index (χ1) is 16.8. The van der Waals surface area contributed by atoms with E-state index in [4.69, 9.17) is 10.5 Å². The van der Waals surface area contributed by atoms with Crippen molar-refractivity contribution in [3.63, 3.8) is 0 Å². The number of ether oxygens (including phenoxy) is 1. The van der Waals surface area contributed by atoms with Crippen molar-refractivity contribution >= 4 is 11.7 Å². The summed E-state index contributed by atoms with van der Waals surface area (Å²) >= 11 is 0. The second-order valence-corrected chi connectivity index (χ2v) is 9.50. The topological polar surface area (TPSA) is 102 Å². The molecule has 0 aliphatic carbocycles. The van der Waals surface area contributed by atoms with Crippen LogP contribution in [0.5, 0.6) is 5.75 Å². The van der Waals surface area contributed by atoms with E-state index in [1.165, 1.54) is 24.3 Å². The van der Waals surface area contributed by atoms with Crippen LogP contribution in [0.15, 0.2) is 48.7 Å². The molecule has 192 valence electrons. The molecule has 4 rings (SSSR count). The van der Waals surface area contributed by atoms with Crippen molar-refractivity contribution < 1.29 is 32.2 Å². The van der Waals surface area contributed by atoms with Gasteiger partial charge in [0.1, 0.15) is 22.9 Å². The molecule has 0 spiro atoms. The molecule has 0 bridgehead atoms. The number of fused-ring (bicyclic) bond motifs is 1. The zero-order valence-corrected chi connectivity index (χ0v) is 19.7. The number of aromatic nitrogens is 2. The zero-order valence-electron chi connectivity index (χ0n) is 19.7. The fraction of sp³-hybridized carbons (Fsp3) is 0.360. The molecule has 3 aromatic rings. The van der Waals surface area contributed by atoms with Gasteiger partial charge in [0, 0.05) is 12.0 Å². The number of nitrogens with zero attached hydrogens (tertiary/aromatic N) is 2. The third-order valence-electron chi connectivity index (χ3n) is 6.37. The largest absolute Gasteiger partial charge is 0.493 e. The van der Waals surface area contributed by atoms with Gasteiger partial charge in [-0.25, -0.2) is 9.07 Å². The van der Waals surface area contributed by atoms with Crippen LogP contribution in [0.1, 0.15) is 41.8 Å². The van der Waals surface area contributed by atoms with E-state index in [9.17, 15) is 27.5 Å². The minimum Gasteiger partial charge on any atom is -0.493 e. The predicted octanol–water partition coefficient (Wildman–Crippen LogP) is 3.92.